The Balaban J connectivity index is 1.75. The van der Waals surface area contributed by atoms with Crippen LogP contribution in [0.2, 0.25) is 0 Å². The number of aryl methyl sites for hydroxylation is 1. The number of carbonyl (C=O) groups excluding carboxylic acids is 1. The quantitative estimate of drug-likeness (QED) is 0.700. The van der Waals surface area contributed by atoms with Crippen molar-refractivity contribution in [2.75, 3.05) is 6.61 Å². The summed E-state index contributed by atoms with van der Waals surface area (Å²) in [5, 5.41) is 12.4. The zero-order chi connectivity index (χ0) is 18.4. The molecule has 0 fully saturated rings. The number of aromatic nitrogens is 1. The van der Waals surface area contributed by atoms with Crippen LogP contribution in [0.15, 0.2) is 24.3 Å². The number of carboxylic acids is 1. The van der Waals surface area contributed by atoms with Crippen LogP contribution >= 0.6 is 11.3 Å². The summed E-state index contributed by atoms with van der Waals surface area (Å²) in [6.07, 6.45) is 0.773. The topological polar surface area (TPSA) is 88.5 Å². The third-order valence-electron chi connectivity index (χ3n) is 3.39. The average molecular weight is 366 g/mol. The first-order valence-corrected chi connectivity index (χ1v) is 8.57. The molecule has 1 heterocycles. The minimum atomic E-state index is -1.02. The monoisotopic (exact) mass is 366 g/mol. The number of aromatic carboxylic acids is 1. The summed E-state index contributed by atoms with van der Waals surface area (Å²) in [5.41, 5.74) is 0.446. The molecule has 25 heavy (non-hydrogen) atoms. The first-order chi connectivity index (χ1) is 11.9. The Morgan fingerprint density at radius 2 is 2.04 bits per heavy atom. The van der Waals surface area contributed by atoms with Crippen LogP contribution in [0.1, 0.15) is 46.2 Å². The van der Waals surface area contributed by atoms with Gasteiger partial charge in [-0.05, 0) is 44.5 Å². The maximum atomic E-state index is 12.8. The minimum Gasteiger partial charge on any atom is -0.494 e. The number of rotatable bonds is 8. The molecular weight excluding hydrogens is 347 g/mol. The summed E-state index contributed by atoms with van der Waals surface area (Å²) in [5.74, 6) is -0.962. The van der Waals surface area contributed by atoms with Crippen molar-refractivity contribution in [1.29, 1.82) is 0 Å². The van der Waals surface area contributed by atoms with Gasteiger partial charge in [0, 0.05) is 6.42 Å². The molecular formula is C17H19FN2O4S. The van der Waals surface area contributed by atoms with Gasteiger partial charge in [0.05, 0.1) is 18.3 Å². The van der Waals surface area contributed by atoms with E-state index in [-0.39, 0.29) is 29.1 Å². The van der Waals surface area contributed by atoms with Crippen molar-refractivity contribution in [3.8, 4) is 5.75 Å². The van der Waals surface area contributed by atoms with E-state index in [0.29, 0.717) is 29.5 Å². The molecule has 0 aliphatic heterocycles. The number of amides is 1. The lowest BCUT2D eigenvalue weighted by Crippen LogP contribution is -2.26. The number of carbonyl (C=O) groups is 2. The highest BCUT2D eigenvalue weighted by atomic mass is 32.1. The van der Waals surface area contributed by atoms with E-state index in [0.717, 1.165) is 11.3 Å². The Bertz CT molecular complexity index is 746. The molecule has 2 aromatic rings. The maximum absolute atomic E-state index is 12.8. The standard InChI is InChI=1S/C17H19FN2O4S/c1-10-15(17(22)23)25-16(20-10)11(2)19-14(21)4-3-9-24-13-7-5-12(18)6-8-13/h5-8,11H,3-4,9H2,1-2H3,(H,19,21)(H,22,23). The summed E-state index contributed by atoms with van der Waals surface area (Å²) >= 11 is 1.06. The number of hydrogen-bond acceptors (Lipinski definition) is 5. The van der Waals surface area contributed by atoms with Crippen LogP contribution in [0.4, 0.5) is 4.39 Å². The van der Waals surface area contributed by atoms with Gasteiger partial charge in [-0.1, -0.05) is 0 Å². The lowest BCUT2D eigenvalue weighted by atomic mass is 10.2. The Labute approximate surface area is 148 Å². The highest BCUT2D eigenvalue weighted by Crippen LogP contribution is 2.23. The van der Waals surface area contributed by atoms with E-state index in [1.807, 2.05) is 0 Å². The van der Waals surface area contributed by atoms with Crippen molar-refractivity contribution in [3.05, 3.63) is 45.7 Å². The molecule has 1 unspecified atom stereocenters. The fourth-order valence-electron chi connectivity index (χ4n) is 2.13. The number of ether oxygens (including phenoxy) is 1. The lowest BCUT2D eigenvalue weighted by molar-refractivity contribution is -0.121. The van der Waals surface area contributed by atoms with Crippen molar-refractivity contribution in [3.63, 3.8) is 0 Å². The maximum Gasteiger partial charge on any atom is 0.347 e. The van der Waals surface area contributed by atoms with Gasteiger partial charge in [-0.2, -0.15) is 0 Å². The molecule has 1 atom stereocenters. The first-order valence-electron chi connectivity index (χ1n) is 7.75. The van der Waals surface area contributed by atoms with Gasteiger partial charge in [0.2, 0.25) is 5.91 Å². The molecule has 0 aliphatic carbocycles. The molecule has 8 heteroatoms. The highest BCUT2D eigenvalue weighted by Gasteiger charge is 2.19. The molecule has 6 nitrogen and oxygen atoms in total. The number of hydrogen-bond donors (Lipinski definition) is 2. The van der Waals surface area contributed by atoms with Crippen molar-refractivity contribution in [2.45, 2.75) is 32.7 Å². The fraction of sp³-hybridized carbons (Fsp3) is 0.353. The molecule has 1 aromatic carbocycles. The summed E-state index contributed by atoms with van der Waals surface area (Å²) in [4.78, 5) is 27.4. The van der Waals surface area contributed by atoms with Gasteiger partial charge in [0.1, 0.15) is 21.5 Å². The van der Waals surface area contributed by atoms with E-state index in [1.54, 1.807) is 13.8 Å². The van der Waals surface area contributed by atoms with Crippen LogP contribution in [0, 0.1) is 12.7 Å². The van der Waals surface area contributed by atoms with E-state index in [9.17, 15) is 14.0 Å². The van der Waals surface area contributed by atoms with Crippen LogP contribution in [0.25, 0.3) is 0 Å². The van der Waals surface area contributed by atoms with Gasteiger partial charge in [0.15, 0.2) is 0 Å². The molecule has 0 radical (unpaired) electrons. The molecule has 1 amide bonds. The molecule has 0 bridgehead atoms. The predicted molar refractivity (Wildman–Crippen MR) is 91.5 cm³/mol. The fourth-order valence-corrected chi connectivity index (χ4v) is 3.04. The third kappa shape index (κ3) is 5.53. The highest BCUT2D eigenvalue weighted by molar-refractivity contribution is 7.13. The number of nitrogens with zero attached hydrogens (tertiary/aromatic N) is 1. The van der Waals surface area contributed by atoms with Gasteiger partial charge in [-0.3, -0.25) is 4.79 Å². The summed E-state index contributed by atoms with van der Waals surface area (Å²) < 4.78 is 18.2. The van der Waals surface area contributed by atoms with Gasteiger partial charge < -0.3 is 15.2 Å². The van der Waals surface area contributed by atoms with E-state index >= 15 is 0 Å². The van der Waals surface area contributed by atoms with Crippen molar-refractivity contribution < 1.29 is 23.8 Å². The number of benzene rings is 1. The van der Waals surface area contributed by atoms with Crippen molar-refractivity contribution >= 4 is 23.2 Å². The van der Waals surface area contributed by atoms with Crippen LogP contribution < -0.4 is 10.1 Å². The lowest BCUT2D eigenvalue weighted by Gasteiger charge is -2.11. The van der Waals surface area contributed by atoms with Crippen LogP contribution in [-0.2, 0) is 4.79 Å². The van der Waals surface area contributed by atoms with Crippen molar-refractivity contribution in [2.24, 2.45) is 0 Å². The molecule has 1 aromatic heterocycles. The molecule has 2 rings (SSSR count). The molecule has 0 aliphatic rings. The van der Waals surface area contributed by atoms with E-state index in [4.69, 9.17) is 9.84 Å². The van der Waals surface area contributed by atoms with Gasteiger partial charge in [0.25, 0.3) is 0 Å². The minimum absolute atomic E-state index is 0.167. The SMILES string of the molecule is Cc1nc(C(C)NC(=O)CCCOc2ccc(F)cc2)sc1C(=O)O. The Morgan fingerprint density at radius 1 is 1.36 bits per heavy atom. The molecule has 0 spiro atoms. The summed E-state index contributed by atoms with van der Waals surface area (Å²) in [7, 11) is 0. The Hall–Kier alpha value is -2.48. The number of halogens is 1. The smallest absolute Gasteiger partial charge is 0.347 e. The second-order valence-corrected chi connectivity index (χ2v) is 6.50. The summed E-state index contributed by atoms with van der Waals surface area (Å²) in [6, 6.07) is 5.32. The van der Waals surface area contributed by atoms with Crippen LogP contribution in [-0.4, -0.2) is 28.6 Å². The van der Waals surface area contributed by atoms with Crippen LogP contribution in [0.5, 0.6) is 5.75 Å². The number of nitrogens with one attached hydrogen (secondary N) is 1. The largest absolute Gasteiger partial charge is 0.494 e. The Morgan fingerprint density at radius 3 is 2.64 bits per heavy atom. The van der Waals surface area contributed by atoms with Gasteiger partial charge >= 0.3 is 5.97 Å². The molecule has 134 valence electrons. The predicted octanol–water partition coefficient (Wildman–Crippen LogP) is 3.33. The van der Waals surface area contributed by atoms with Crippen molar-refractivity contribution in [1.82, 2.24) is 10.3 Å². The zero-order valence-electron chi connectivity index (χ0n) is 13.9. The van der Waals surface area contributed by atoms with E-state index in [1.165, 1.54) is 24.3 Å². The zero-order valence-corrected chi connectivity index (χ0v) is 14.7. The Kier molecular flexibility index (Phi) is 6.46. The molecule has 0 saturated carbocycles. The average Bonchev–Trinajstić information content (AvgIpc) is 2.95. The molecule has 0 saturated heterocycles. The van der Waals surface area contributed by atoms with Gasteiger partial charge in [-0.15, -0.1) is 11.3 Å². The van der Waals surface area contributed by atoms with E-state index in [2.05, 4.69) is 10.3 Å². The second-order valence-electron chi connectivity index (χ2n) is 5.47. The first kappa shape index (κ1) is 18.9. The summed E-state index contributed by atoms with van der Waals surface area (Å²) in [6.45, 7) is 3.73. The number of carboxylic acid groups (broad SMARTS) is 1. The second kappa shape index (κ2) is 8.57. The number of thiazole rings is 1. The van der Waals surface area contributed by atoms with Gasteiger partial charge in [-0.25, -0.2) is 14.2 Å². The van der Waals surface area contributed by atoms with Crippen LogP contribution in [0.3, 0.4) is 0 Å². The van der Waals surface area contributed by atoms with E-state index < -0.39 is 5.97 Å². The third-order valence-corrected chi connectivity index (χ3v) is 4.71. The molecule has 2 N–H and O–H groups in total. The normalized spacial score (nSPS) is 11.8.